The molecular formula is C36H66O4. The first-order chi connectivity index (χ1) is 17.9. The van der Waals surface area contributed by atoms with Gasteiger partial charge in [0, 0.05) is 6.61 Å². The van der Waals surface area contributed by atoms with Crippen LogP contribution in [0, 0.1) is 16.2 Å². The minimum absolute atomic E-state index is 0.0214. The van der Waals surface area contributed by atoms with E-state index in [9.17, 15) is 0 Å². The second-order valence-corrected chi connectivity index (χ2v) is 17.2. The van der Waals surface area contributed by atoms with Crippen LogP contribution >= 0.6 is 0 Å². The van der Waals surface area contributed by atoms with Gasteiger partial charge >= 0.3 is 0 Å². The molecule has 0 heterocycles. The van der Waals surface area contributed by atoms with Gasteiger partial charge in [-0.1, -0.05) is 66.7 Å². The highest BCUT2D eigenvalue weighted by Gasteiger charge is 2.35. The van der Waals surface area contributed by atoms with Crippen LogP contribution in [0.1, 0.15) is 136 Å². The summed E-state index contributed by atoms with van der Waals surface area (Å²) in [6.45, 7) is 34.9. The molecule has 0 saturated heterocycles. The molecule has 1 aromatic rings. The van der Waals surface area contributed by atoms with E-state index in [1.54, 1.807) is 0 Å². The van der Waals surface area contributed by atoms with Gasteiger partial charge in [-0.05, 0) is 116 Å². The molecule has 234 valence electrons. The van der Waals surface area contributed by atoms with Gasteiger partial charge in [0.25, 0.3) is 0 Å². The third kappa shape index (κ3) is 17.7. The SMILES string of the molecule is CC(CC(C)(C)CC(C)(C)OCCC(C)(C)CC(C)(C)OC(COc1ccccc1)CC(C)(C)C)OC(C)(C)C. The van der Waals surface area contributed by atoms with Crippen molar-refractivity contribution in [1.29, 1.82) is 0 Å². The molecule has 0 N–H and O–H groups in total. The zero-order valence-corrected chi connectivity index (χ0v) is 29.1. The van der Waals surface area contributed by atoms with Crippen LogP contribution in [0.4, 0.5) is 0 Å². The second kappa shape index (κ2) is 14.4. The zero-order valence-electron chi connectivity index (χ0n) is 29.1. The van der Waals surface area contributed by atoms with Crippen molar-refractivity contribution in [3.63, 3.8) is 0 Å². The van der Waals surface area contributed by atoms with Crippen LogP contribution in [0.25, 0.3) is 0 Å². The molecule has 4 heteroatoms. The molecule has 1 aromatic carbocycles. The van der Waals surface area contributed by atoms with Crippen LogP contribution in [-0.4, -0.2) is 42.2 Å². The minimum atomic E-state index is -0.278. The fraction of sp³-hybridized carbons (Fsp3) is 0.833. The number of hydrogen-bond acceptors (Lipinski definition) is 4. The average molecular weight is 563 g/mol. The standard InChI is InChI=1S/C36H66O4/c1-28(39-32(5,6)7)23-34(10,11)27-35(12,13)38-22-21-33(8,9)26-36(14,15)40-30(24-31(2,3)4)25-37-29-19-17-16-18-20-29/h16-20,28,30H,21-27H2,1-15H3. The van der Waals surface area contributed by atoms with Crippen LogP contribution in [-0.2, 0) is 14.2 Å². The van der Waals surface area contributed by atoms with Crippen molar-refractivity contribution >= 4 is 0 Å². The Bertz CT molecular complexity index is 840. The highest BCUT2D eigenvalue weighted by Crippen LogP contribution is 2.38. The van der Waals surface area contributed by atoms with Crippen molar-refractivity contribution in [1.82, 2.24) is 0 Å². The molecule has 0 aliphatic rings. The molecule has 0 bridgehead atoms. The smallest absolute Gasteiger partial charge is 0.119 e. The molecule has 2 unspecified atom stereocenters. The van der Waals surface area contributed by atoms with E-state index in [-0.39, 0.29) is 45.3 Å². The highest BCUT2D eigenvalue weighted by atomic mass is 16.5. The molecule has 0 amide bonds. The summed E-state index contributed by atoms with van der Waals surface area (Å²) in [5.41, 5.74) is -0.230. The van der Waals surface area contributed by atoms with E-state index >= 15 is 0 Å². The minimum Gasteiger partial charge on any atom is -0.491 e. The molecule has 1 rings (SSSR count). The lowest BCUT2D eigenvalue weighted by molar-refractivity contribution is -0.120. The number of rotatable bonds is 17. The number of ether oxygens (including phenoxy) is 4. The van der Waals surface area contributed by atoms with Crippen molar-refractivity contribution in [2.75, 3.05) is 13.2 Å². The van der Waals surface area contributed by atoms with Crippen molar-refractivity contribution in [3.05, 3.63) is 30.3 Å². The second-order valence-electron chi connectivity index (χ2n) is 17.2. The van der Waals surface area contributed by atoms with E-state index in [0.29, 0.717) is 6.61 Å². The molecule has 0 fully saturated rings. The number of para-hydroxylation sites is 1. The summed E-state index contributed by atoms with van der Waals surface area (Å²) in [6, 6.07) is 10.0. The summed E-state index contributed by atoms with van der Waals surface area (Å²) in [7, 11) is 0. The maximum atomic E-state index is 6.78. The summed E-state index contributed by atoms with van der Waals surface area (Å²) < 4.78 is 25.6. The first-order valence-electron chi connectivity index (χ1n) is 15.6. The Morgan fingerprint density at radius 2 is 1.20 bits per heavy atom. The van der Waals surface area contributed by atoms with Gasteiger partial charge < -0.3 is 18.9 Å². The first-order valence-corrected chi connectivity index (χ1v) is 15.6. The molecule has 4 nitrogen and oxygen atoms in total. The summed E-state index contributed by atoms with van der Waals surface area (Å²) in [6.07, 6.45) is 5.11. The molecule has 0 aromatic heterocycles. The van der Waals surface area contributed by atoms with Crippen LogP contribution in [0.2, 0.25) is 0 Å². The molecular weight excluding hydrogens is 496 g/mol. The maximum absolute atomic E-state index is 6.78. The van der Waals surface area contributed by atoms with Gasteiger partial charge in [0.1, 0.15) is 12.4 Å². The van der Waals surface area contributed by atoms with Crippen molar-refractivity contribution < 1.29 is 18.9 Å². The largest absolute Gasteiger partial charge is 0.491 e. The summed E-state index contributed by atoms with van der Waals surface area (Å²) >= 11 is 0. The Balaban J connectivity index is 2.68. The van der Waals surface area contributed by atoms with Gasteiger partial charge in [0.2, 0.25) is 0 Å². The van der Waals surface area contributed by atoms with E-state index in [1.165, 1.54) is 0 Å². The summed E-state index contributed by atoms with van der Waals surface area (Å²) in [5, 5.41) is 0. The lowest BCUT2D eigenvalue weighted by Crippen LogP contribution is -2.40. The van der Waals surface area contributed by atoms with E-state index in [2.05, 4.69) is 104 Å². The Morgan fingerprint density at radius 1 is 0.650 bits per heavy atom. The van der Waals surface area contributed by atoms with E-state index < -0.39 is 0 Å². The Labute approximate surface area is 249 Å². The third-order valence-electron chi connectivity index (χ3n) is 6.98. The molecule has 0 saturated carbocycles. The predicted octanol–water partition coefficient (Wildman–Crippen LogP) is 10.3. The fourth-order valence-electron chi connectivity index (χ4n) is 6.56. The van der Waals surface area contributed by atoms with Crippen LogP contribution in [0.15, 0.2) is 30.3 Å². The van der Waals surface area contributed by atoms with Gasteiger partial charge in [-0.15, -0.1) is 0 Å². The van der Waals surface area contributed by atoms with Crippen molar-refractivity contribution in [2.45, 2.75) is 165 Å². The number of benzene rings is 1. The topological polar surface area (TPSA) is 36.9 Å². The number of hydrogen-bond donors (Lipinski definition) is 0. The van der Waals surface area contributed by atoms with E-state index in [0.717, 1.165) is 44.5 Å². The molecule has 2 atom stereocenters. The average Bonchev–Trinajstić information content (AvgIpc) is 2.67. The normalized spacial score (nSPS) is 15.7. The zero-order chi connectivity index (χ0) is 31.0. The quantitative estimate of drug-likeness (QED) is 0.189. The van der Waals surface area contributed by atoms with Crippen molar-refractivity contribution in [2.24, 2.45) is 16.2 Å². The van der Waals surface area contributed by atoms with Crippen LogP contribution in [0.5, 0.6) is 5.75 Å². The lowest BCUT2D eigenvalue weighted by Gasteiger charge is -2.40. The molecule has 40 heavy (non-hydrogen) atoms. The molecule has 0 aliphatic heterocycles. The first kappa shape index (κ1) is 36.9. The van der Waals surface area contributed by atoms with Crippen LogP contribution < -0.4 is 4.74 Å². The van der Waals surface area contributed by atoms with Gasteiger partial charge in [0.15, 0.2) is 0 Å². The van der Waals surface area contributed by atoms with Gasteiger partial charge in [0.05, 0.1) is 29.0 Å². The van der Waals surface area contributed by atoms with Crippen molar-refractivity contribution in [3.8, 4) is 5.75 Å². The Morgan fingerprint density at radius 3 is 1.73 bits per heavy atom. The van der Waals surface area contributed by atoms with Gasteiger partial charge in [-0.2, -0.15) is 0 Å². The third-order valence-corrected chi connectivity index (χ3v) is 6.98. The summed E-state index contributed by atoms with van der Waals surface area (Å²) in [4.78, 5) is 0. The van der Waals surface area contributed by atoms with Gasteiger partial charge in [-0.25, -0.2) is 0 Å². The maximum Gasteiger partial charge on any atom is 0.119 e. The lowest BCUT2D eigenvalue weighted by atomic mass is 9.77. The molecule has 0 radical (unpaired) electrons. The van der Waals surface area contributed by atoms with E-state index in [1.807, 2.05) is 30.3 Å². The van der Waals surface area contributed by atoms with Gasteiger partial charge in [-0.3, -0.25) is 0 Å². The molecule has 0 aliphatic carbocycles. The Kier molecular flexibility index (Phi) is 13.3. The summed E-state index contributed by atoms with van der Waals surface area (Å²) in [5.74, 6) is 0.891. The fourth-order valence-corrected chi connectivity index (χ4v) is 6.56. The predicted molar refractivity (Wildman–Crippen MR) is 171 cm³/mol. The monoisotopic (exact) mass is 562 g/mol. The van der Waals surface area contributed by atoms with E-state index in [4.69, 9.17) is 18.9 Å². The Hall–Kier alpha value is -1.10. The molecule has 0 spiro atoms. The van der Waals surface area contributed by atoms with Crippen LogP contribution in [0.3, 0.4) is 0 Å². The highest BCUT2D eigenvalue weighted by molar-refractivity contribution is 5.20.